The van der Waals surface area contributed by atoms with E-state index in [9.17, 15) is 13.2 Å². The zero-order chi connectivity index (χ0) is 17.2. The van der Waals surface area contributed by atoms with Crippen molar-refractivity contribution in [1.82, 2.24) is 4.90 Å². The molecule has 7 heteroatoms. The predicted octanol–water partition coefficient (Wildman–Crippen LogP) is 2.40. The van der Waals surface area contributed by atoms with Gasteiger partial charge in [-0.05, 0) is 44.4 Å². The van der Waals surface area contributed by atoms with Crippen LogP contribution in [0.15, 0.2) is 12.1 Å². The standard InChI is InChI=1S/C16H23ClN2O3S/c1-4-19(13-5-6-23(21,22)10-13)15(20)9-18-16-12(3)7-11(2)8-14(16)17/h7-8,13,18H,4-6,9-10H2,1-3H3. The fraction of sp³-hybridized carbons (Fsp3) is 0.562. The summed E-state index contributed by atoms with van der Waals surface area (Å²) in [5.41, 5.74) is 2.80. The first-order valence-corrected chi connectivity index (χ1v) is 9.94. The molecule has 1 aliphatic heterocycles. The van der Waals surface area contributed by atoms with Crippen molar-refractivity contribution < 1.29 is 13.2 Å². The maximum atomic E-state index is 12.5. The summed E-state index contributed by atoms with van der Waals surface area (Å²) in [5, 5.41) is 3.68. The van der Waals surface area contributed by atoms with E-state index in [2.05, 4.69) is 5.32 Å². The van der Waals surface area contributed by atoms with E-state index in [0.717, 1.165) is 16.8 Å². The molecule has 1 aromatic carbocycles. The lowest BCUT2D eigenvalue weighted by molar-refractivity contribution is -0.130. The smallest absolute Gasteiger partial charge is 0.242 e. The molecule has 2 rings (SSSR count). The van der Waals surface area contributed by atoms with Crippen LogP contribution < -0.4 is 5.32 Å². The third-order valence-corrected chi connectivity index (χ3v) is 6.21. The fourth-order valence-electron chi connectivity index (χ4n) is 3.06. The molecule has 1 aromatic rings. The number of carbonyl (C=O) groups is 1. The van der Waals surface area contributed by atoms with Gasteiger partial charge in [0.05, 0.1) is 28.8 Å². The van der Waals surface area contributed by atoms with Crippen molar-refractivity contribution >= 4 is 33.0 Å². The van der Waals surface area contributed by atoms with E-state index >= 15 is 0 Å². The van der Waals surface area contributed by atoms with Crippen molar-refractivity contribution in [2.24, 2.45) is 0 Å². The minimum absolute atomic E-state index is 0.0664. The zero-order valence-corrected chi connectivity index (χ0v) is 15.3. The highest BCUT2D eigenvalue weighted by Crippen LogP contribution is 2.27. The van der Waals surface area contributed by atoms with Crippen LogP contribution in [0, 0.1) is 13.8 Å². The van der Waals surface area contributed by atoms with Gasteiger partial charge in [0.1, 0.15) is 0 Å². The number of hydrogen-bond donors (Lipinski definition) is 1. The van der Waals surface area contributed by atoms with Crippen LogP contribution in [-0.4, -0.2) is 49.9 Å². The number of benzene rings is 1. The van der Waals surface area contributed by atoms with E-state index in [1.165, 1.54) is 0 Å². The minimum atomic E-state index is -3.00. The molecule has 0 bridgehead atoms. The average molecular weight is 359 g/mol. The number of hydrogen-bond acceptors (Lipinski definition) is 4. The Balaban J connectivity index is 2.04. The number of nitrogens with one attached hydrogen (secondary N) is 1. The second-order valence-electron chi connectivity index (χ2n) is 6.03. The molecule has 0 aromatic heterocycles. The topological polar surface area (TPSA) is 66.5 Å². The molecule has 0 spiro atoms. The monoisotopic (exact) mass is 358 g/mol. The Kier molecular flexibility index (Phi) is 5.57. The first kappa shape index (κ1) is 18.1. The molecule has 1 atom stereocenters. The van der Waals surface area contributed by atoms with E-state index in [0.29, 0.717) is 18.0 Å². The molecule has 128 valence electrons. The van der Waals surface area contributed by atoms with Gasteiger partial charge < -0.3 is 10.2 Å². The summed E-state index contributed by atoms with van der Waals surface area (Å²) < 4.78 is 23.2. The van der Waals surface area contributed by atoms with Gasteiger partial charge in [0.25, 0.3) is 0 Å². The second kappa shape index (κ2) is 7.09. The summed E-state index contributed by atoms with van der Waals surface area (Å²) in [6.07, 6.45) is 0.520. The zero-order valence-electron chi connectivity index (χ0n) is 13.7. The molecular formula is C16H23ClN2O3S. The fourth-order valence-corrected chi connectivity index (χ4v) is 5.18. The number of amides is 1. The molecule has 1 unspecified atom stereocenters. The first-order valence-electron chi connectivity index (χ1n) is 7.74. The third kappa shape index (κ3) is 4.38. The molecule has 23 heavy (non-hydrogen) atoms. The Morgan fingerprint density at radius 3 is 2.61 bits per heavy atom. The van der Waals surface area contributed by atoms with E-state index in [4.69, 9.17) is 11.6 Å². The second-order valence-corrected chi connectivity index (χ2v) is 8.66. The number of anilines is 1. The lowest BCUT2D eigenvalue weighted by Gasteiger charge is -2.27. The molecule has 1 heterocycles. The Bertz CT molecular complexity index is 680. The summed E-state index contributed by atoms with van der Waals surface area (Å²) in [6.45, 7) is 6.38. The Morgan fingerprint density at radius 1 is 1.39 bits per heavy atom. The number of nitrogens with zero attached hydrogens (tertiary/aromatic N) is 1. The highest BCUT2D eigenvalue weighted by molar-refractivity contribution is 7.91. The summed E-state index contributed by atoms with van der Waals surface area (Å²) in [4.78, 5) is 14.1. The largest absolute Gasteiger partial charge is 0.375 e. The van der Waals surface area contributed by atoms with Crippen molar-refractivity contribution in [1.29, 1.82) is 0 Å². The van der Waals surface area contributed by atoms with Gasteiger partial charge in [-0.1, -0.05) is 17.7 Å². The minimum Gasteiger partial charge on any atom is -0.375 e. The molecule has 1 amide bonds. The number of carbonyl (C=O) groups excluding carboxylic acids is 1. The number of sulfone groups is 1. The summed E-state index contributed by atoms with van der Waals surface area (Å²) in [6, 6.07) is 3.64. The molecule has 1 saturated heterocycles. The Labute approximate surface area is 142 Å². The first-order chi connectivity index (χ1) is 10.7. The normalized spacial score (nSPS) is 19.6. The molecular weight excluding hydrogens is 336 g/mol. The van der Waals surface area contributed by atoms with Crippen LogP contribution >= 0.6 is 11.6 Å². The van der Waals surface area contributed by atoms with Crippen LogP contribution in [0.2, 0.25) is 5.02 Å². The van der Waals surface area contributed by atoms with E-state index in [1.807, 2.05) is 32.9 Å². The van der Waals surface area contributed by atoms with Crippen LogP contribution in [0.5, 0.6) is 0 Å². The summed E-state index contributed by atoms with van der Waals surface area (Å²) >= 11 is 6.23. The molecule has 0 aliphatic carbocycles. The maximum absolute atomic E-state index is 12.5. The summed E-state index contributed by atoms with van der Waals surface area (Å²) in [5.74, 6) is 0.125. The average Bonchev–Trinajstić information content (AvgIpc) is 2.78. The van der Waals surface area contributed by atoms with Crippen LogP contribution in [-0.2, 0) is 14.6 Å². The van der Waals surface area contributed by atoms with Gasteiger partial charge in [0.15, 0.2) is 9.84 Å². The van der Waals surface area contributed by atoms with Gasteiger partial charge >= 0.3 is 0 Å². The number of likely N-dealkylation sites (N-methyl/N-ethyl adjacent to an activating group) is 1. The number of rotatable bonds is 5. The van der Waals surface area contributed by atoms with Crippen molar-refractivity contribution in [2.45, 2.75) is 33.2 Å². The van der Waals surface area contributed by atoms with Crippen LogP contribution in [0.3, 0.4) is 0 Å². The maximum Gasteiger partial charge on any atom is 0.242 e. The highest BCUT2D eigenvalue weighted by Gasteiger charge is 2.33. The van der Waals surface area contributed by atoms with E-state index in [1.54, 1.807) is 4.90 Å². The molecule has 1 fully saturated rings. The Morgan fingerprint density at radius 2 is 2.09 bits per heavy atom. The molecule has 1 aliphatic rings. The van der Waals surface area contributed by atoms with Crippen molar-refractivity contribution in [3.05, 3.63) is 28.3 Å². The van der Waals surface area contributed by atoms with E-state index in [-0.39, 0.29) is 30.0 Å². The molecule has 0 saturated carbocycles. The highest BCUT2D eigenvalue weighted by atomic mass is 35.5. The predicted molar refractivity (Wildman–Crippen MR) is 93.9 cm³/mol. The lowest BCUT2D eigenvalue weighted by atomic mass is 10.1. The van der Waals surface area contributed by atoms with Crippen molar-refractivity contribution in [3.63, 3.8) is 0 Å². The molecule has 5 nitrogen and oxygen atoms in total. The van der Waals surface area contributed by atoms with Crippen molar-refractivity contribution in [2.75, 3.05) is 29.9 Å². The number of aryl methyl sites for hydroxylation is 2. The quantitative estimate of drug-likeness (QED) is 0.877. The van der Waals surface area contributed by atoms with Crippen molar-refractivity contribution in [3.8, 4) is 0 Å². The third-order valence-electron chi connectivity index (χ3n) is 4.16. The van der Waals surface area contributed by atoms with Crippen LogP contribution in [0.1, 0.15) is 24.5 Å². The van der Waals surface area contributed by atoms with Gasteiger partial charge in [0.2, 0.25) is 5.91 Å². The summed E-state index contributed by atoms with van der Waals surface area (Å²) in [7, 11) is -3.00. The van der Waals surface area contributed by atoms with Gasteiger partial charge in [-0.15, -0.1) is 0 Å². The van der Waals surface area contributed by atoms with Gasteiger partial charge in [-0.2, -0.15) is 0 Å². The van der Waals surface area contributed by atoms with Crippen LogP contribution in [0.4, 0.5) is 5.69 Å². The van der Waals surface area contributed by atoms with Gasteiger partial charge in [-0.3, -0.25) is 4.79 Å². The SMILES string of the molecule is CCN(C(=O)CNc1c(C)cc(C)cc1Cl)C1CCS(=O)(=O)C1. The molecule has 1 N–H and O–H groups in total. The number of halogens is 1. The Hall–Kier alpha value is -1.27. The lowest BCUT2D eigenvalue weighted by Crippen LogP contribution is -2.43. The van der Waals surface area contributed by atoms with E-state index < -0.39 is 9.84 Å². The van der Waals surface area contributed by atoms with Crippen LogP contribution in [0.25, 0.3) is 0 Å². The van der Waals surface area contributed by atoms with Gasteiger partial charge in [0, 0.05) is 12.6 Å². The molecule has 0 radical (unpaired) electrons. The van der Waals surface area contributed by atoms with Gasteiger partial charge in [-0.25, -0.2) is 8.42 Å².